The number of hydrogen-bond donors (Lipinski definition) is 2. The molecule has 1 aliphatic rings. The number of hydrogen-bond acceptors (Lipinski definition) is 6. The Morgan fingerprint density at radius 3 is 2.56 bits per heavy atom. The third kappa shape index (κ3) is 4.30. The van der Waals surface area contributed by atoms with Gasteiger partial charge in [0, 0.05) is 31.0 Å². The molecule has 0 aliphatic carbocycles. The maximum absolute atomic E-state index is 13.0. The number of anilines is 2. The predicted molar refractivity (Wildman–Crippen MR) is 125 cm³/mol. The van der Waals surface area contributed by atoms with E-state index in [0.717, 1.165) is 25.9 Å². The summed E-state index contributed by atoms with van der Waals surface area (Å²) in [5.74, 6) is -0.345. The molecule has 168 valence electrons. The molecule has 1 fully saturated rings. The third-order valence-corrected chi connectivity index (χ3v) is 6.16. The maximum atomic E-state index is 13.0. The molecule has 3 heterocycles. The summed E-state index contributed by atoms with van der Waals surface area (Å²) in [7, 11) is 0. The first-order valence-electron chi connectivity index (χ1n) is 10.9. The topological polar surface area (TPSA) is 99.8 Å². The van der Waals surface area contributed by atoms with Crippen molar-refractivity contribution in [1.82, 2.24) is 14.4 Å². The number of aromatic carboxylic acids is 1. The van der Waals surface area contributed by atoms with E-state index in [1.54, 1.807) is 36.5 Å². The number of fused-ring (bicyclic) bond motifs is 1. The minimum absolute atomic E-state index is 0.153. The monoisotopic (exact) mass is 435 g/mol. The van der Waals surface area contributed by atoms with Crippen LogP contribution >= 0.6 is 0 Å². The molecule has 0 unspecified atom stereocenters. The fourth-order valence-corrected chi connectivity index (χ4v) is 4.13. The smallest absolute Gasteiger partial charge is 0.337 e. The quantitative estimate of drug-likeness (QED) is 0.627. The summed E-state index contributed by atoms with van der Waals surface area (Å²) in [4.78, 5) is 36.2. The van der Waals surface area contributed by atoms with Crippen LogP contribution in [0.4, 0.5) is 11.5 Å². The molecule has 1 aromatic carbocycles. The number of carboxylic acids is 1. The van der Waals surface area contributed by atoms with Gasteiger partial charge in [-0.05, 0) is 44.2 Å². The summed E-state index contributed by atoms with van der Waals surface area (Å²) in [5, 5.41) is 12.7. The molecule has 32 heavy (non-hydrogen) atoms. The Hall–Kier alpha value is -3.42. The van der Waals surface area contributed by atoms with Gasteiger partial charge in [-0.25, -0.2) is 9.78 Å². The minimum Gasteiger partial charge on any atom is -0.478 e. The van der Waals surface area contributed by atoms with Gasteiger partial charge in [-0.15, -0.1) is 0 Å². The Morgan fingerprint density at radius 2 is 1.88 bits per heavy atom. The number of para-hydroxylation sites is 1. The number of nitrogens with one attached hydrogen (secondary N) is 1. The first-order valence-corrected chi connectivity index (χ1v) is 10.9. The van der Waals surface area contributed by atoms with Crippen molar-refractivity contribution in [2.24, 2.45) is 5.41 Å². The van der Waals surface area contributed by atoms with Crippen molar-refractivity contribution in [3.63, 3.8) is 0 Å². The number of piperidine rings is 1. The van der Waals surface area contributed by atoms with Crippen LogP contribution in [0.2, 0.25) is 0 Å². The Balaban J connectivity index is 1.75. The zero-order chi connectivity index (χ0) is 23.0. The van der Waals surface area contributed by atoms with Crippen LogP contribution in [0.1, 0.15) is 61.4 Å². The van der Waals surface area contributed by atoms with E-state index in [9.17, 15) is 14.7 Å². The fourth-order valence-electron chi connectivity index (χ4n) is 4.13. The molecule has 4 rings (SSSR count). The van der Waals surface area contributed by atoms with Crippen LogP contribution in [-0.2, 0) is 0 Å². The number of carbonyl (C=O) groups is 1. The van der Waals surface area contributed by atoms with Crippen LogP contribution in [0.5, 0.6) is 0 Å². The molecular formula is C24H29N5O3. The van der Waals surface area contributed by atoms with Crippen molar-refractivity contribution in [1.29, 1.82) is 0 Å². The van der Waals surface area contributed by atoms with Crippen LogP contribution in [0.15, 0.2) is 41.3 Å². The molecule has 1 saturated heterocycles. The Labute approximate surface area is 186 Å². The molecule has 1 atom stereocenters. The van der Waals surface area contributed by atoms with E-state index in [4.69, 9.17) is 4.98 Å². The van der Waals surface area contributed by atoms with E-state index in [2.05, 4.69) is 29.0 Å². The van der Waals surface area contributed by atoms with Gasteiger partial charge < -0.3 is 15.3 Å². The second-order valence-corrected chi connectivity index (χ2v) is 9.28. The lowest BCUT2D eigenvalue weighted by Crippen LogP contribution is -2.38. The van der Waals surface area contributed by atoms with E-state index in [1.807, 2.05) is 13.8 Å². The third-order valence-electron chi connectivity index (χ3n) is 6.16. The SMILES string of the molecule is Cc1cn2c(=O)cc(N3CCC(C)(C)CC3)nc2c([C@@H](C)Nc2ccccc2C(=O)O)n1. The van der Waals surface area contributed by atoms with Gasteiger partial charge in [-0.3, -0.25) is 14.2 Å². The Kier molecular flexibility index (Phi) is 5.62. The molecular weight excluding hydrogens is 406 g/mol. The highest BCUT2D eigenvalue weighted by molar-refractivity contribution is 5.94. The molecule has 0 radical (unpaired) electrons. The molecule has 0 spiro atoms. The summed E-state index contributed by atoms with van der Waals surface area (Å²) in [6.07, 6.45) is 3.77. The normalized spacial score (nSPS) is 16.7. The molecule has 0 amide bonds. The lowest BCUT2D eigenvalue weighted by molar-refractivity contribution is 0.0698. The fraction of sp³-hybridized carbons (Fsp3) is 0.417. The predicted octanol–water partition coefficient (Wildman–Crippen LogP) is 3.90. The maximum Gasteiger partial charge on any atom is 0.337 e. The summed E-state index contributed by atoms with van der Waals surface area (Å²) < 4.78 is 1.52. The van der Waals surface area contributed by atoms with Gasteiger partial charge in [-0.1, -0.05) is 26.0 Å². The van der Waals surface area contributed by atoms with Crippen LogP contribution in [-0.4, -0.2) is 38.5 Å². The minimum atomic E-state index is -1.01. The van der Waals surface area contributed by atoms with Crippen molar-refractivity contribution < 1.29 is 9.90 Å². The van der Waals surface area contributed by atoms with Gasteiger partial charge in [0.2, 0.25) is 0 Å². The number of nitrogens with zero attached hydrogens (tertiary/aromatic N) is 4. The first kappa shape index (κ1) is 21.8. The largest absolute Gasteiger partial charge is 0.478 e. The zero-order valence-corrected chi connectivity index (χ0v) is 18.9. The van der Waals surface area contributed by atoms with Gasteiger partial charge in [-0.2, -0.15) is 0 Å². The van der Waals surface area contributed by atoms with Crippen molar-refractivity contribution in [3.8, 4) is 0 Å². The number of carboxylic acid groups (broad SMARTS) is 1. The molecule has 2 aromatic heterocycles. The Bertz CT molecular complexity index is 1220. The number of rotatable bonds is 5. The molecule has 0 bridgehead atoms. The van der Waals surface area contributed by atoms with E-state index in [0.29, 0.717) is 34.0 Å². The molecule has 3 aromatic rings. The van der Waals surface area contributed by atoms with Gasteiger partial charge in [0.25, 0.3) is 5.56 Å². The van der Waals surface area contributed by atoms with Crippen molar-refractivity contribution in [2.45, 2.75) is 46.6 Å². The highest BCUT2D eigenvalue weighted by Gasteiger charge is 2.27. The van der Waals surface area contributed by atoms with Gasteiger partial charge in [0.1, 0.15) is 11.5 Å². The highest BCUT2D eigenvalue weighted by Crippen LogP contribution is 2.32. The summed E-state index contributed by atoms with van der Waals surface area (Å²) in [6, 6.07) is 7.96. The van der Waals surface area contributed by atoms with E-state index >= 15 is 0 Å². The average Bonchev–Trinajstić information content (AvgIpc) is 2.74. The summed E-state index contributed by atoms with van der Waals surface area (Å²) >= 11 is 0. The second-order valence-electron chi connectivity index (χ2n) is 9.28. The molecule has 1 aliphatic heterocycles. The van der Waals surface area contributed by atoms with Crippen LogP contribution in [0.3, 0.4) is 0 Å². The highest BCUT2D eigenvalue weighted by atomic mass is 16.4. The summed E-state index contributed by atoms with van der Waals surface area (Å²) in [6.45, 7) is 9.95. The first-order chi connectivity index (χ1) is 15.1. The van der Waals surface area contributed by atoms with Gasteiger partial charge in [0.05, 0.1) is 17.3 Å². The number of aromatic nitrogens is 3. The molecule has 8 heteroatoms. The molecule has 8 nitrogen and oxygen atoms in total. The zero-order valence-electron chi connectivity index (χ0n) is 18.9. The molecule has 2 N–H and O–H groups in total. The average molecular weight is 436 g/mol. The Morgan fingerprint density at radius 1 is 1.19 bits per heavy atom. The van der Waals surface area contributed by atoms with Crippen molar-refractivity contribution >= 4 is 23.1 Å². The van der Waals surface area contributed by atoms with Crippen molar-refractivity contribution in [2.75, 3.05) is 23.3 Å². The molecule has 0 saturated carbocycles. The van der Waals surface area contributed by atoms with Crippen molar-refractivity contribution in [3.05, 3.63) is 63.8 Å². The van der Waals surface area contributed by atoms with E-state index < -0.39 is 5.97 Å². The second kappa shape index (κ2) is 8.26. The summed E-state index contributed by atoms with van der Waals surface area (Å²) in [5.41, 5.74) is 2.58. The van der Waals surface area contributed by atoms with Gasteiger partial charge in [0.15, 0.2) is 5.65 Å². The number of benzene rings is 1. The number of aryl methyl sites for hydroxylation is 1. The van der Waals surface area contributed by atoms with E-state index in [1.165, 1.54) is 4.40 Å². The van der Waals surface area contributed by atoms with Crippen LogP contribution in [0.25, 0.3) is 5.65 Å². The van der Waals surface area contributed by atoms with Crippen LogP contribution < -0.4 is 15.8 Å². The lowest BCUT2D eigenvalue weighted by Gasteiger charge is -2.37. The van der Waals surface area contributed by atoms with E-state index in [-0.39, 0.29) is 17.2 Å². The standard InChI is InChI=1S/C24H29N5O3/c1-15-14-29-20(30)13-19(28-11-9-24(3,4)10-12-28)27-22(29)21(25-15)16(2)26-18-8-6-5-7-17(18)23(31)32/h5-8,13-14,16,26H,9-12H2,1-4H3,(H,31,32)/t16-/m1/s1. The van der Waals surface area contributed by atoms with Crippen LogP contribution in [0, 0.1) is 12.3 Å². The van der Waals surface area contributed by atoms with Gasteiger partial charge >= 0.3 is 5.97 Å². The lowest BCUT2D eigenvalue weighted by atomic mass is 9.83.